The van der Waals surface area contributed by atoms with Crippen LogP contribution in [-0.4, -0.2) is 36.7 Å². The number of unbranched alkanes of at least 4 members (excludes halogenated alkanes) is 2. The molecule has 0 bridgehead atoms. The summed E-state index contributed by atoms with van der Waals surface area (Å²) < 4.78 is 66.4. The highest BCUT2D eigenvalue weighted by Crippen LogP contribution is 2.31. The number of hydrogen-bond donors (Lipinski definition) is 1. The van der Waals surface area contributed by atoms with E-state index in [1.807, 2.05) is 13.8 Å². The number of rotatable bonds is 11. The molecule has 0 spiro atoms. The third-order valence-corrected chi connectivity index (χ3v) is 7.15. The molecule has 0 aliphatic carbocycles. The highest BCUT2D eigenvalue weighted by molar-refractivity contribution is 7.89. The maximum atomic E-state index is 13.1. The van der Waals surface area contributed by atoms with Crippen molar-refractivity contribution in [1.29, 1.82) is 0 Å². The number of carbonyl (C=O) groups is 1. The lowest BCUT2D eigenvalue weighted by Crippen LogP contribution is -2.32. The number of halogens is 3. The van der Waals surface area contributed by atoms with Gasteiger partial charge in [0.25, 0.3) is 5.91 Å². The Morgan fingerprint density at radius 1 is 1.19 bits per heavy atom. The van der Waals surface area contributed by atoms with Crippen LogP contribution in [0, 0.1) is 0 Å². The third kappa shape index (κ3) is 7.01. The molecule has 0 fully saturated rings. The van der Waals surface area contributed by atoms with Crippen molar-refractivity contribution >= 4 is 27.3 Å². The van der Waals surface area contributed by atoms with Crippen LogP contribution in [0.5, 0.6) is 0 Å². The van der Waals surface area contributed by atoms with E-state index >= 15 is 0 Å². The van der Waals surface area contributed by atoms with Gasteiger partial charge in [0.15, 0.2) is 0 Å². The number of nitrogens with zero attached hydrogens (tertiary/aromatic N) is 2. The number of amides is 1. The highest BCUT2D eigenvalue weighted by atomic mass is 32.2. The van der Waals surface area contributed by atoms with Crippen molar-refractivity contribution < 1.29 is 26.4 Å². The molecule has 1 aromatic heterocycles. The molecule has 2 aromatic rings. The van der Waals surface area contributed by atoms with E-state index in [-0.39, 0.29) is 24.7 Å². The molecule has 11 heteroatoms. The normalized spacial score (nSPS) is 12.3. The lowest BCUT2D eigenvalue weighted by Gasteiger charge is -2.21. The van der Waals surface area contributed by atoms with Gasteiger partial charge in [0.05, 0.1) is 17.0 Å². The van der Waals surface area contributed by atoms with E-state index in [0.717, 1.165) is 46.7 Å². The first-order chi connectivity index (χ1) is 14.6. The zero-order valence-corrected chi connectivity index (χ0v) is 19.0. The van der Waals surface area contributed by atoms with Crippen LogP contribution in [0.25, 0.3) is 0 Å². The molecule has 0 atom stereocenters. The van der Waals surface area contributed by atoms with Gasteiger partial charge >= 0.3 is 6.18 Å². The lowest BCUT2D eigenvalue weighted by molar-refractivity contribution is -0.137. The van der Waals surface area contributed by atoms with Crippen LogP contribution in [0.4, 0.5) is 13.2 Å². The second-order valence-corrected chi connectivity index (χ2v) is 9.83. The van der Waals surface area contributed by atoms with Crippen LogP contribution in [0.2, 0.25) is 0 Å². The summed E-state index contributed by atoms with van der Waals surface area (Å²) in [6, 6.07) is 3.70. The molecule has 1 heterocycles. The first kappa shape index (κ1) is 25.3. The molecule has 172 valence electrons. The summed E-state index contributed by atoms with van der Waals surface area (Å²) in [5.74, 6) is -0.336. The number of aromatic nitrogens is 1. The van der Waals surface area contributed by atoms with Gasteiger partial charge in [0, 0.05) is 18.5 Å². The molecule has 0 radical (unpaired) electrons. The van der Waals surface area contributed by atoms with Gasteiger partial charge in [-0.05, 0) is 31.0 Å². The topological polar surface area (TPSA) is 79.4 Å². The Morgan fingerprint density at radius 3 is 2.55 bits per heavy atom. The molecule has 6 nitrogen and oxygen atoms in total. The Kier molecular flexibility index (Phi) is 9.01. The molecule has 0 saturated carbocycles. The molecule has 2 rings (SSSR count). The second-order valence-electron chi connectivity index (χ2n) is 6.95. The maximum absolute atomic E-state index is 13.1. The number of sulfonamides is 1. The van der Waals surface area contributed by atoms with Gasteiger partial charge in [-0.15, -0.1) is 11.3 Å². The molecule has 1 aromatic carbocycles. The number of benzene rings is 1. The molecule has 31 heavy (non-hydrogen) atoms. The van der Waals surface area contributed by atoms with Crippen molar-refractivity contribution in [2.45, 2.75) is 57.1 Å². The van der Waals surface area contributed by atoms with Crippen LogP contribution in [0.3, 0.4) is 0 Å². The molecule has 0 aliphatic heterocycles. The smallest absolute Gasteiger partial charge is 0.351 e. The standard InChI is InChI=1S/C20H26F3N3O3S2/c1-3-5-10-24-19(27)17-14-30-18(25-17)13-26(11-6-4-2)31(28,29)16-9-7-8-15(12-16)20(21,22)23/h7-9,12,14H,3-6,10-11,13H2,1-2H3,(H,24,27). The average Bonchev–Trinajstić information content (AvgIpc) is 3.19. The molecule has 1 amide bonds. The molecule has 1 N–H and O–H groups in total. The van der Waals surface area contributed by atoms with Crippen molar-refractivity contribution in [3.63, 3.8) is 0 Å². The quantitative estimate of drug-likeness (QED) is 0.477. The van der Waals surface area contributed by atoms with Crippen molar-refractivity contribution in [2.24, 2.45) is 0 Å². The van der Waals surface area contributed by atoms with E-state index in [9.17, 15) is 26.4 Å². The monoisotopic (exact) mass is 477 g/mol. The van der Waals surface area contributed by atoms with Crippen LogP contribution in [0.1, 0.15) is 60.6 Å². The Hall–Kier alpha value is -1.98. The number of nitrogens with one attached hydrogen (secondary N) is 1. The third-order valence-electron chi connectivity index (χ3n) is 4.47. The molecule has 0 unspecified atom stereocenters. The SMILES string of the molecule is CCCCNC(=O)c1csc(CN(CCCC)S(=O)(=O)c2cccc(C(F)(F)F)c2)n1. The predicted octanol–water partition coefficient (Wildman–Crippen LogP) is 4.68. The van der Waals surface area contributed by atoms with E-state index < -0.39 is 26.7 Å². The zero-order valence-electron chi connectivity index (χ0n) is 17.4. The van der Waals surface area contributed by atoms with E-state index in [0.29, 0.717) is 30.5 Å². The first-order valence-electron chi connectivity index (χ1n) is 9.99. The zero-order chi connectivity index (χ0) is 23.1. The number of alkyl halides is 3. The van der Waals surface area contributed by atoms with E-state index in [4.69, 9.17) is 0 Å². The van der Waals surface area contributed by atoms with Crippen LogP contribution in [0.15, 0.2) is 34.5 Å². The lowest BCUT2D eigenvalue weighted by atomic mass is 10.2. The van der Waals surface area contributed by atoms with Gasteiger partial charge in [0.2, 0.25) is 10.0 Å². The van der Waals surface area contributed by atoms with Crippen molar-refractivity contribution in [3.05, 3.63) is 45.9 Å². The summed E-state index contributed by atoms with van der Waals surface area (Å²) in [5, 5.41) is 4.69. The van der Waals surface area contributed by atoms with Gasteiger partial charge in [0.1, 0.15) is 10.7 Å². The Bertz CT molecular complexity index is 975. The largest absolute Gasteiger partial charge is 0.416 e. The Balaban J connectivity index is 2.25. The second kappa shape index (κ2) is 11.1. The fourth-order valence-electron chi connectivity index (χ4n) is 2.71. The Morgan fingerprint density at radius 2 is 1.90 bits per heavy atom. The first-order valence-corrected chi connectivity index (χ1v) is 12.3. The van der Waals surface area contributed by atoms with Crippen LogP contribution < -0.4 is 5.32 Å². The minimum atomic E-state index is -4.64. The number of thiazole rings is 1. The van der Waals surface area contributed by atoms with Gasteiger partial charge in [-0.1, -0.05) is 32.8 Å². The van der Waals surface area contributed by atoms with Crippen molar-refractivity contribution in [3.8, 4) is 0 Å². The molecule has 0 aliphatic rings. The molecule has 0 saturated heterocycles. The fraction of sp³-hybridized carbons (Fsp3) is 0.500. The van der Waals surface area contributed by atoms with Gasteiger partial charge in [-0.3, -0.25) is 4.79 Å². The number of hydrogen-bond acceptors (Lipinski definition) is 5. The summed E-state index contributed by atoms with van der Waals surface area (Å²) in [7, 11) is -4.18. The molecular weight excluding hydrogens is 451 g/mol. The van der Waals surface area contributed by atoms with Gasteiger partial charge < -0.3 is 5.32 Å². The van der Waals surface area contributed by atoms with E-state index in [1.165, 1.54) is 0 Å². The van der Waals surface area contributed by atoms with Gasteiger partial charge in [-0.2, -0.15) is 17.5 Å². The fourth-order valence-corrected chi connectivity index (χ4v) is 5.07. The maximum Gasteiger partial charge on any atom is 0.416 e. The van der Waals surface area contributed by atoms with E-state index in [1.54, 1.807) is 5.38 Å². The molecular formula is C20H26F3N3O3S2. The summed E-state index contributed by atoms with van der Waals surface area (Å²) in [5.41, 5.74) is -0.827. The van der Waals surface area contributed by atoms with Crippen molar-refractivity contribution in [2.75, 3.05) is 13.1 Å². The van der Waals surface area contributed by atoms with Crippen LogP contribution in [-0.2, 0) is 22.7 Å². The minimum absolute atomic E-state index is 0.120. The van der Waals surface area contributed by atoms with E-state index in [2.05, 4.69) is 10.3 Å². The van der Waals surface area contributed by atoms with Crippen molar-refractivity contribution in [1.82, 2.24) is 14.6 Å². The van der Waals surface area contributed by atoms with Crippen LogP contribution >= 0.6 is 11.3 Å². The average molecular weight is 478 g/mol. The Labute approximate surface area is 184 Å². The predicted molar refractivity (Wildman–Crippen MR) is 113 cm³/mol. The number of carbonyl (C=O) groups excluding carboxylic acids is 1. The summed E-state index contributed by atoms with van der Waals surface area (Å²) in [4.78, 5) is 15.9. The summed E-state index contributed by atoms with van der Waals surface area (Å²) in [6.07, 6.45) is -1.63. The van der Waals surface area contributed by atoms with Gasteiger partial charge in [-0.25, -0.2) is 13.4 Å². The summed E-state index contributed by atoms with van der Waals surface area (Å²) in [6.45, 7) is 4.42. The highest BCUT2D eigenvalue weighted by Gasteiger charge is 2.33. The summed E-state index contributed by atoms with van der Waals surface area (Å²) >= 11 is 1.14. The minimum Gasteiger partial charge on any atom is -0.351 e.